The van der Waals surface area contributed by atoms with Crippen LogP contribution in [0.5, 0.6) is 0 Å². The van der Waals surface area contributed by atoms with Crippen LogP contribution >= 0.6 is 11.6 Å². The molecule has 2 aromatic carbocycles. The minimum Gasteiger partial charge on any atom is -0.465 e. The second-order valence-corrected chi connectivity index (χ2v) is 7.75. The first-order chi connectivity index (χ1) is 15.4. The van der Waals surface area contributed by atoms with Gasteiger partial charge in [0.25, 0.3) is 17.7 Å². The number of carbonyl (C=O) groups is 4. The van der Waals surface area contributed by atoms with E-state index in [9.17, 15) is 19.2 Å². The van der Waals surface area contributed by atoms with Gasteiger partial charge in [-0.1, -0.05) is 11.6 Å². The number of esters is 1. The zero-order chi connectivity index (χ0) is 22.8. The van der Waals surface area contributed by atoms with Gasteiger partial charge < -0.3 is 15.0 Å². The summed E-state index contributed by atoms with van der Waals surface area (Å²) in [6.07, 6.45) is 2.02. The molecule has 0 saturated carbocycles. The molecule has 1 fully saturated rings. The number of rotatable bonds is 5. The van der Waals surface area contributed by atoms with Crippen molar-refractivity contribution >= 4 is 46.7 Å². The minimum atomic E-state index is -0.675. The Morgan fingerprint density at radius 2 is 1.50 bits per heavy atom. The Bertz CT molecular complexity index is 1120. The maximum absolute atomic E-state index is 12.9. The Hall–Kier alpha value is -3.65. The monoisotopic (exact) mass is 453 g/mol. The number of hydrogen-bond donors (Lipinski definition) is 1. The number of imide groups is 1. The average molecular weight is 454 g/mol. The molecule has 0 atom stereocenters. The highest BCUT2D eigenvalue weighted by Crippen LogP contribution is 2.30. The lowest BCUT2D eigenvalue weighted by Crippen LogP contribution is -2.32. The zero-order valence-corrected chi connectivity index (χ0v) is 18.0. The Morgan fingerprint density at radius 3 is 2.09 bits per heavy atom. The molecule has 2 aliphatic rings. The van der Waals surface area contributed by atoms with Crippen LogP contribution in [-0.2, 0) is 14.3 Å². The molecule has 0 aliphatic carbocycles. The first kappa shape index (κ1) is 21.6. The van der Waals surface area contributed by atoms with Crippen molar-refractivity contribution in [1.29, 1.82) is 0 Å². The van der Waals surface area contributed by atoms with E-state index in [0.717, 1.165) is 30.8 Å². The number of amides is 3. The summed E-state index contributed by atoms with van der Waals surface area (Å²) in [5.74, 6) is -1.85. The van der Waals surface area contributed by atoms with Gasteiger partial charge in [-0.2, -0.15) is 0 Å². The molecule has 1 saturated heterocycles. The lowest BCUT2D eigenvalue weighted by molar-refractivity contribution is -0.120. The fourth-order valence-corrected chi connectivity index (χ4v) is 3.87. The lowest BCUT2D eigenvalue weighted by atomic mass is 10.1. The van der Waals surface area contributed by atoms with E-state index in [2.05, 4.69) is 10.1 Å². The molecule has 32 heavy (non-hydrogen) atoms. The Balaban J connectivity index is 1.49. The number of carbonyl (C=O) groups excluding carboxylic acids is 4. The van der Waals surface area contributed by atoms with E-state index in [1.165, 1.54) is 31.4 Å². The molecule has 0 spiro atoms. The fourth-order valence-electron chi connectivity index (χ4n) is 3.65. The molecule has 164 valence electrons. The highest BCUT2D eigenvalue weighted by molar-refractivity contribution is 6.53. The van der Waals surface area contributed by atoms with Gasteiger partial charge in [0.15, 0.2) is 0 Å². The summed E-state index contributed by atoms with van der Waals surface area (Å²) in [5, 5.41) is 2.64. The van der Waals surface area contributed by atoms with Crippen LogP contribution in [0.1, 0.15) is 33.6 Å². The molecule has 3 amide bonds. The number of nitrogens with one attached hydrogen (secondary N) is 1. The fraction of sp³-hybridized carbons (Fsp3) is 0.217. The standard InChI is InChI=1S/C23H20ClN3O5/c1-32-23(31)15-6-10-17(11-7-15)27-21(29)18(24)19(22(27)30)25-16-8-4-14(5-9-16)20(28)26-12-2-3-13-26/h4-11,25H,2-3,12-13H2,1H3. The van der Waals surface area contributed by atoms with E-state index in [-0.39, 0.29) is 27.9 Å². The summed E-state index contributed by atoms with van der Waals surface area (Å²) >= 11 is 6.16. The summed E-state index contributed by atoms with van der Waals surface area (Å²) in [7, 11) is 1.26. The molecule has 2 aromatic rings. The minimum absolute atomic E-state index is 0.0278. The number of likely N-dealkylation sites (tertiary alicyclic amines) is 1. The van der Waals surface area contributed by atoms with Crippen LogP contribution < -0.4 is 10.2 Å². The largest absolute Gasteiger partial charge is 0.465 e. The molecule has 8 nitrogen and oxygen atoms in total. The van der Waals surface area contributed by atoms with Crippen LogP contribution in [0, 0.1) is 0 Å². The molecule has 1 N–H and O–H groups in total. The predicted octanol–water partition coefficient (Wildman–Crippen LogP) is 3.14. The SMILES string of the molecule is COC(=O)c1ccc(N2C(=O)C(Cl)=C(Nc3ccc(C(=O)N4CCCC4)cc3)C2=O)cc1. The lowest BCUT2D eigenvalue weighted by Gasteiger charge is -2.16. The Labute approximate surface area is 189 Å². The van der Waals surface area contributed by atoms with Crippen molar-refractivity contribution in [2.75, 3.05) is 30.4 Å². The van der Waals surface area contributed by atoms with Crippen LogP contribution in [0.3, 0.4) is 0 Å². The number of anilines is 2. The number of nitrogens with zero attached hydrogens (tertiary/aromatic N) is 2. The van der Waals surface area contributed by atoms with Gasteiger partial charge >= 0.3 is 5.97 Å². The normalized spacial score (nSPS) is 16.1. The maximum Gasteiger partial charge on any atom is 0.337 e. The highest BCUT2D eigenvalue weighted by atomic mass is 35.5. The molecular weight excluding hydrogens is 434 g/mol. The summed E-state index contributed by atoms with van der Waals surface area (Å²) < 4.78 is 4.65. The van der Waals surface area contributed by atoms with E-state index >= 15 is 0 Å². The maximum atomic E-state index is 12.9. The smallest absolute Gasteiger partial charge is 0.337 e. The molecule has 0 unspecified atom stereocenters. The Kier molecular flexibility index (Phi) is 5.96. The first-order valence-corrected chi connectivity index (χ1v) is 10.4. The second kappa shape index (κ2) is 8.84. The molecule has 0 radical (unpaired) electrons. The van der Waals surface area contributed by atoms with Crippen LogP contribution in [-0.4, -0.2) is 48.8 Å². The van der Waals surface area contributed by atoms with Gasteiger partial charge in [-0.15, -0.1) is 0 Å². The van der Waals surface area contributed by atoms with E-state index in [1.807, 2.05) is 4.90 Å². The van der Waals surface area contributed by atoms with Crippen LogP contribution in [0.2, 0.25) is 0 Å². The summed E-state index contributed by atoms with van der Waals surface area (Å²) in [6, 6.07) is 12.5. The van der Waals surface area contributed by atoms with E-state index in [4.69, 9.17) is 11.6 Å². The molecule has 4 rings (SSSR count). The van der Waals surface area contributed by atoms with Gasteiger partial charge in [-0.25, -0.2) is 9.69 Å². The van der Waals surface area contributed by atoms with Crippen LogP contribution in [0.25, 0.3) is 0 Å². The molecular formula is C23H20ClN3O5. The predicted molar refractivity (Wildman–Crippen MR) is 118 cm³/mol. The van der Waals surface area contributed by atoms with Gasteiger partial charge in [0.05, 0.1) is 18.4 Å². The van der Waals surface area contributed by atoms with Gasteiger partial charge in [-0.05, 0) is 61.4 Å². The summed E-state index contributed by atoms with van der Waals surface area (Å²) in [6.45, 7) is 1.52. The van der Waals surface area contributed by atoms with Crippen molar-refractivity contribution < 1.29 is 23.9 Å². The zero-order valence-electron chi connectivity index (χ0n) is 17.3. The third-order valence-electron chi connectivity index (χ3n) is 5.37. The molecule has 2 heterocycles. The van der Waals surface area contributed by atoms with Gasteiger partial charge in [0.2, 0.25) is 0 Å². The number of ether oxygens (including phenoxy) is 1. The van der Waals surface area contributed by atoms with Crippen molar-refractivity contribution in [2.45, 2.75) is 12.8 Å². The van der Waals surface area contributed by atoms with Crippen LogP contribution in [0.15, 0.2) is 59.3 Å². The molecule has 2 aliphatic heterocycles. The quantitative estimate of drug-likeness (QED) is 0.552. The summed E-state index contributed by atoms with van der Waals surface area (Å²) in [4.78, 5) is 52.3. The average Bonchev–Trinajstić information content (AvgIpc) is 3.43. The highest BCUT2D eigenvalue weighted by Gasteiger charge is 2.39. The molecule has 0 aromatic heterocycles. The third-order valence-corrected chi connectivity index (χ3v) is 5.72. The van der Waals surface area contributed by atoms with Crippen molar-refractivity contribution in [3.63, 3.8) is 0 Å². The van der Waals surface area contributed by atoms with E-state index < -0.39 is 17.8 Å². The second-order valence-electron chi connectivity index (χ2n) is 7.37. The van der Waals surface area contributed by atoms with Gasteiger partial charge in [0, 0.05) is 24.3 Å². The molecule has 0 bridgehead atoms. The number of hydrogen-bond acceptors (Lipinski definition) is 6. The molecule has 9 heteroatoms. The van der Waals surface area contributed by atoms with Crippen molar-refractivity contribution in [3.05, 3.63) is 70.4 Å². The van der Waals surface area contributed by atoms with E-state index in [0.29, 0.717) is 11.3 Å². The van der Waals surface area contributed by atoms with Gasteiger partial charge in [-0.3, -0.25) is 14.4 Å². The first-order valence-electron chi connectivity index (χ1n) is 10.0. The number of halogens is 1. The van der Waals surface area contributed by atoms with Crippen LogP contribution in [0.4, 0.5) is 11.4 Å². The van der Waals surface area contributed by atoms with Crippen molar-refractivity contribution in [1.82, 2.24) is 4.90 Å². The topological polar surface area (TPSA) is 96.0 Å². The van der Waals surface area contributed by atoms with Gasteiger partial charge in [0.1, 0.15) is 10.7 Å². The number of methoxy groups -OCH3 is 1. The summed E-state index contributed by atoms with van der Waals surface area (Å²) in [5.41, 5.74) is 1.57. The van der Waals surface area contributed by atoms with E-state index in [1.54, 1.807) is 24.3 Å². The Morgan fingerprint density at radius 1 is 0.906 bits per heavy atom. The third kappa shape index (κ3) is 3.97. The van der Waals surface area contributed by atoms with Crippen molar-refractivity contribution in [2.24, 2.45) is 0 Å². The van der Waals surface area contributed by atoms with Crippen molar-refractivity contribution in [3.8, 4) is 0 Å². The number of benzene rings is 2.